The average Bonchev–Trinajstić information content (AvgIpc) is 3.22. The Bertz CT molecular complexity index is 1260. The zero-order chi connectivity index (χ0) is 20.8. The summed E-state index contributed by atoms with van der Waals surface area (Å²) in [6, 6.07) is 6.27. The lowest BCUT2D eigenvalue weighted by Crippen LogP contribution is -2.48. The number of nitrogens with zero attached hydrogens (tertiary/aromatic N) is 6. The lowest BCUT2D eigenvalue weighted by Gasteiger charge is -2.46. The number of hydrogen-bond acceptors (Lipinski definition) is 8. The van der Waals surface area contributed by atoms with Crippen molar-refractivity contribution in [3.8, 4) is 11.3 Å². The van der Waals surface area contributed by atoms with E-state index < -0.39 is 0 Å². The van der Waals surface area contributed by atoms with Crippen LogP contribution in [0.25, 0.3) is 27.9 Å². The molecule has 4 aromatic rings. The molecular weight excluding hydrogens is 392 g/mol. The van der Waals surface area contributed by atoms with Crippen molar-refractivity contribution in [2.75, 3.05) is 24.3 Å². The van der Waals surface area contributed by atoms with E-state index in [1.807, 2.05) is 36.0 Å². The fourth-order valence-electron chi connectivity index (χ4n) is 4.73. The van der Waals surface area contributed by atoms with Crippen LogP contribution in [0, 0.1) is 0 Å². The molecule has 0 atom stereocenters. The maximum Gasteiger partial charge on any atom is 0.243 e. The summed E-state index contributed by atoms with van der Waals surface area (Å²) in [6.07, 6.45) is 10.8. The maximum absolute atomic E-state index is 5.84. The molecule has 1 saturated heterocycles. The Morgan fingerprint density at radius 3 is 2.68 bits per heavy atom. The highest BCUT2D eigenvalue weighted by molar-refractivity contribution is 5.89. The molecule has 9 nitrogen and oxygen atoms in total. The molecule has 158 valence electrons. The van der Waals surface area contributed by atoms with Gasteiger partial charge in [0.05, 0.1) is 17.9 Å². The van der Waals surface area contributed by atoms with Crippen molar-refractivity contribution in [1.29, 1.82) is 0 Å². The number of fused-ring (bicyclic) bond motifs is 2. The monoisotopic (exact) mass is 416 g/mol. The molecular formula is C22H24N8O. The van der Waals surface area contributed by atoms with Gasteiger partial charge in [0.15, 0.2) is 11.5 Å². The van der Waals surface area contributed by atoms with Crippen molar-refractivity contribution in [2.24, 2.45) is 0 Å². The third kappa shape index (κ3) is 3.16. The molecule has 4 aromatic heterocycles. The molecule has 2 N–H and O–H groups in total. The van der Waals surface area contributed by atoms with Crippen LogP contribution in [0.2, 0.25) is 0 Å². The van der Waals surface area contributed by atoms with Gasteiger partial charge in [-0.2, -0.15) is 4.98 Å². The minimum atomic E-state index is 0.158. The van der Waals surface area contributed by atoms with Crippen LogP contribution in [0.4, 0.5) is 11.8 Å². The summed E-state index contributed by atoms with van der Waals surface area (Å²) in [5.74, 6) is 1.39. The van der Waals surface area contributed by atoms with Crippen LogP contribution < -0.4 is 10.6 Å². The Balaban J connectivity index is 1.31. The Morgan fingerprint density at radius 1 is 1.06 bits per heavy atom. The molecule has 31 heavy (non-hydrogen) atoms. The molecule has 2 aliphatic rings. The van der Waals surface area contributed by atoms with E-state index in [2.05, 4.69) is 25.6 Å². The molecule has 1 spiro atoms. The van der Waals surface area contributed by atoms with Gasteiger partial charge in [-0.25, -0.2) is 14.5 Å². The largest absolute Gasteiger partial charge is 0.375 e. The number of rotatable bonds is 4. The van der Waals surface area contributed by atoms with Gasteiger partial charge in [-0.05, 0) is 50.3 Å². The van der Waals surface area contributed by atoms with Crippen molar-refractivity contribution < 1.29 is 4.74 Å². The summed E-state index contributed by atoms with van der Waals surface area (Å²) in [5, 5.41) is 11.5. The highest BCUT2D eigenvalue weighted by Crippen LogP contribution is 2.41. The van der Waals surface area contributed by atoms with Gasteiger partial charge in [0.2, 0.25) is 5.95 Å². The molecule has 1 saturated carbocycles. The van der Waals surface area contributed by atoms with Gasteiger partial charge in [0.1, 0.15) is 11.0 Å². The van der Waals surface area contributed by atoms with E-state index in [0.29, 0.717) is 17.6 Å². The summed E-state index contributed by atoms with van der Waals surface area (Å²) >= 11 is 0. The third-order valence-corrected chi connectivity index (χ3v) is 6.55. The standard InChI is InChI=1S/C22H24N8O/c1-23-20-18-15(16-2-3-17-19(27-16)25-11-10-24-17)6-12-30(18)29-21(28-20)26-14-4-7-22(8-5-14)9-13-31-22/h2-3,6,10-12,14H,4-5,7-9,13H2,1H3,(H2,23,26,28,29). The van der Waals surface area contributed by atoms with Gasteiger partial charge in [-0.15, -0.1) is 5.10 Å². The fourth-order valence-corrected chi connectivity index (χ4v) is 4.73. The van der Waals surface area contributed by atoms with E-state index in [1.165, 1.54) is 6.42 Å². The molecule has 0 unspecified atom stereocenters. The normalized spacial score (nSPS) is 23.2. The highest BCUT2D eigenvalue weighted by atomic mass is 16.5. The SMILES string of the molecule is CNc1nc(NC2CCC3(CCO3)CC2)nn2ccc(-c3ccc4nccnc4n3)c12. The summed E-state index contributed by atoms with van der Waals surface area (Å²) in [6.45, 7) is 0.915. The second-order valence-electron chi connectivity index (χ2n) is 8.35. The minimum Gasteiger partial charge on any atom is -0.375 e. The number of pyridine rings is 1. The van der Waals surface area contributed by atoms with E-state index in [9.17, 15) is 0 Å². The number of aromatic nitrogens is 6. The van der Waals surface area contributed by atoms with Crippen molar-refractivity contribution in [3.63, 3.8) is 0 Å². The first-order chi connectivity index (χ1) is 15.2. The second kappa shape index (κ2) is 7.12. The topological polar surface area (TPSA) is 102 Å². The van der Waals surface area contributed by atoms with Gasteiger partial charge in [-0.1, -0.05) is 0 Å². The summed E-state index contributed by atoms with van der Waals surface area (Å²) in [5.41, 5.74) is 4.20. The van der Waals surface area contributed by atoms with E-state index in [1.54, 1.807) is 12.4 Å². The Labute approximate surface area is 179 Å². The first-order valence-electron chi connectivity index (χ1n) is 10.8. The molecule has 1 aliphatic carbocycles. The van der Waals surface area contributed by atoms with Crippen LogP contribution in [0.3, 0.4) is 0 Å². The summed E-state index contributed by atoms with van der Waals surface area (Å²) in [7, 11) is 1.88. The second-order valence-corrected chi connectivity index (χ2v) is 8.35. The molecule has 6 rings (SSSR count). The number of hydrogen-bond donors (Lipinski definition) is 2. The van der Waals surface area contributed by atoms with Crippen LogP contribution in [0.1, 0.15) is 32.1 Å². The highest BCUT2D eigenvalue weighted by Gasteiger charge is 2.41. The van der Waals surface area contributed by atoms with Gasteiger partial charge >= 0.3 is 0 Å². The van der Waals surface area contributed by atoms with Crippen molar-refractivity contribution in [2.45, 2.75) is 43.7 Å². The van der Waals surface area contributed by atoms with E-state index >= 15 is 0 Å². The quantitative estimate of drug-likeness (QED) is 0.523. The lowest BCUT2D eigenvalue weighted by atomic mass is 9.77. The zero-order valence-corrected chi connectivity index (χ0v) is 17.4. The number of anilines is 2. The molecule has 0 amide bonds. The third-order valence-electron chi connectivity index (χ3n) is 6.55. The Morgan fingerprint density at radius 2 is 1.90 bits per heavy atom. The molecule has 0 bridgehead atoms. The molecule has 9 heteroatoms. The van der Waals surface area contributed by atoms with Crippen LogP contribution in [0.5, 0.6) is 0 Å². The van der Waals surface area contributed by atoms with Crippen LogP contribution in [-0.2, 0) is 4.74 Å². The Hall–Kier alpha value is -3.33. The summed E-state index contributed by atoms with van der Waals surface area (Å²) in [4.78, 5) is 18.1. The average molecular weight is 416 g/mol. The molecule has 0 aromatic carbocycles. The predicted molar refractivity (Wildman–Crippen MR) is 118 cm³/mol. The van der Waals surface area contributed by atoms with Gasteiger partial charge < -0.3 is 15.4 Å². The van der Waals surface area contributed by atoms with Gasteiger partial charge in [0, 0.05) is 37.2 Å². The first kappa shape index (κ1) is 18.4. The molecule has 5 heterocycles. The van der Waals surface area contributed by atoms with Crippen molar-refractivity contribution in [3.05, 3.63) is 36.8 Å². The molecule has 1 aliphatic heterocycles. The minimum absolute atomic E-state index is 0.158. The van der Waals surface area contributed by atoms with Gasteiger partial charge in [-0.3, -0.25) is 4.98 Å². The van der Waals surface area contributed by atoms with Crippen LogP contribution in [-0.4, -0.2) is 54.8 Å². The van der Waals surface area contributed by atoms with E-state index in [4.69, 9.17) is 14.8 Å². The molecule has 0 radical (unpaired) electrons. The Kier molecular flexibility index (Phi) is 4.24. The maximum atomic E-state index is 5.84. The lowest BCUT2D eigenvalue weighted by molar-refractivity contribution is -0.165. The summed E-state index contributed by atoms with van der Waals surface area (Å²) < 4.78 is 7.70. The van der Waals surface area contributed by atoms with Crippen molar-refractivity contribution >= 4 is 28.4 Å². The molecule has 2 fully saturated rings. The zero-order valence-electron chi connectivity index (χ0n) is 17.4. The predicted octanol–water partition coefficient (Wildman–Crippen LogP) is 3.29. The van der Waals surface area contributed by atoms with Crippen molar-refractivity contribution in [1.82, 2.24) is 29.5 Å². The van der Waals surface area contributed by atoms with E-state index in [0.717, 1.165) is 60.4 Å². The first-order valence-corrected chi connectivity index (χ1v) is 10.8. The van der Waals surface area contributed by atoms with Gasteiger partial charge in [0.25, 0.3) is 0 Å². The number of ether oxygens (including phenoxy) is 1. The smallest absolute Gasteiger partial charge is 0.243 e. The fraction of sp³-hybridized carbons (Fsp3) is 0.409. The van der Waals surface area contributed by atoms with E-state index in [-0.39, 0.29) is 5.60 Å². The number of nitrogens with one attached hydrogen (secondary N) is 2. The van der Waals surface area contributed by atoms with Crippen LogP contribution in [0.15, 0.2) is 36.8 Å². The van der Waals surface area contributed by atoms with Crippen LogP contribution >= 0.6 is 0 Å².